The zero-order valence-electron chi connectivity index (χ0n) is 16.0. The van der Waals surface area contributed by atoms with E-state index in [9.17, 15) is 0 Å². The molecule has 0 N–H and O–H groups in total. The van der Waals surface area contributed by atoms with E-state index in [1.807, 2.05) is 31.2 Å². The number of nitrogens with zero attached hydrogens (tertiary/aromatic N) is 3. The summed E-state index contributed by atoms with van der Waals surface area (Å²) in [7, 11) is 0. The molecule has 3 aromatic rings. The number of ether oxygens (including phenoxy) is 2. The fourth-order valence-corrected chi connectivity index (χ4v) is 4.99. The van der Waals surface area contributed by atoms with Crippen molar-refractivity contribution in [3.8, 4) is 16.3 Å². The first-order valence-corrected chi connectivity index (χ1v) is 11.4. The van der Waals surface area contributed by atoms with Crippen LogP contribution in [0.2, 0.25) is 0 Å². The van der Waals surface area contributed by atoms with Crippen LogP contribution in [-0.2, 0) is 11.3 Å². The summed E-state index contributed by atoms with van der Waals surface area (Å²) in [5.41, 5.74) is 2.20. The van der Waals surface area contributed by atoms with Crippen LogP contribution in [0.15, 0.2) is 52.2 Å². The Kier molecular flexibility index (Phi) is 6.59. The number of morpholine rings is 1. The third kappa shape index (κ3) is 4.72. The van der Waals surface area contributed by atoms with Crippen molar-refractivity contribution >= 4 is 28.4 Å². The van der Waals surface area contributed by atoms with Gasteiger partial charge in [-0.1, -0.05) is 6.07 Å². The lowest BCUT2D eigenvalue weighted by molar-refractivity contribution is 0.0363. The summed E-state index contributed by atoms with van der Waals surface area (Å²) >= 11 is 3.47. The topological polar surface area (TPSA) is 39.0 Å². The van der Waals surface area contributed by atoms with E-state index in [0.717, 1.165) is 55.6 Å². The molecule has 2 aromatic heterocycles. The highest BCUT2D eigenvalue weighted by Crippen LogP contribution is 2.26. The van der Waals surface area contributed by atoms with E-state index in [-0.39, 0.29) is 0 Å². The lowest BCUT2D eigenvalue weighted by atomic mass is 10.3. The van der Waals surface area contributed by atoms with Gasteiger partial charge in [-0.05, 0) is 42.6 Å². The second-order valence-electron chi connectivity index (χ2n) is 6.53. The van der Waals surface area contributed by atoms with Crippen LogP contribution in [0.5, 0.6) is 5.75 Å². The van der Waals surface area contributed by atoms with Gasteiger partial charge in [-0.2, -0.15) is 0 Å². The Morgan fingerprint density at radius 1 is 1.07 bits per heavy atom. The summed E-state index contributed by atoms with van der Waals surface area (Å²) in [5.74, 6) is 0.882. The summed E-state index contributed by atoms with van der Waals surface area (Å²) in [6.07, 6.45) is 0. The highest BCUT2D eigenvalue weighted by atomic mass is 32.1. The van der Waals surface area contributed by atoms with Gasteiger partial charge in [0, 0.05) is 31.6 Å². The molecule has 7 heteroatoms. The average molecular weight is 416 g/mol. The maximum Gasteiger partial charge on any atom is 0.190 e. The second-order valence-corrected chi connectivity index (χ2v) is 8.31. The van der Waals surface area contributed by atoms with E-state index in [1.54, 1.807) is 22.7 Å². The summed E-state index contributed by atoms with van der Waals surface area (Å²) in [6.45, 7) is 8.27. The Hall–Kier alpha value is -1.93. The first kappa shape index (κ1) is 19.4. The van der Waals surface area contributed by atoms with Crippen LogP contribution in [0.4, 0.5) is 5.69 Å². The fraction of sp³-hybridized carbons (Fsp3) is 0.381. The predicted molar refractivity (Wildman–Crippen MR) is 116 cm³/mol. The van der Waals surface area contributed by atoms with Gasteiger partial charge < -0.3 is 14.0 Å². The van der Waals surface area contributed by atoms with Gasteiger partial charge in [0.1, 0.15) is 5.75 Å². The third-order valence-corrected chi connectivity index (χ3v) is 6.44. The molecule has 0 aliphatic carbocycles. The molecule has 148 valence electrons. The molecule has 0 spiro atoms. The monoisotopic (exact) mass is 415 g/mol. The van der Waals surface area contributed by atoms with Gasteiger partial charge >= 0.3 is 0 Å². The standard InChI is InChI=1S/C21H25N3O2S2/c1-2-26-18-7-5-17(6-8-18)22-21-24(10-9-23-11-13-25-14-12-23)19(16-28-21)20-4-3-15-27-20/h3-8,15-16H,2,9-14H2,1H3. The summed E-state index contributed by atoms with van der Waals surface area (Å²) in [4.78, 5) is 9.70. The van der Waals surface area contributed by atoms with E-state index in [4.69, 9.17) is 14.5 Å². The van der Waals surface area contributed by atoms with Crippen LogP contribution < -0.4 is 9.54 Å². The molecule has 0 bridgehead atoms. The minimum Gasteiger partial charge on any atom is -0.494 e. The smallest absolute Gasteiger partial charge is 0.190 e. The summed E-state index contributed by atoms with van der Waals surface area (Å²) in [6, 6.07) is 12.3. The molecule has 4 rings (SSSR count). The number of aromatic nitrogens is 1. The molecule has 1 saturated heterocycles. The van der Waals surface area contributed by atoms with Crippen molar-refractivity contribution in [3.63, 3.8) is 0 Å². The fourth-order valence-electron chi connectivity index (χ4n) is 3.22. The normalized spacial score (nSPS) is 15.8. The predicted octanol–water partition coefficient (Wildman–Crippen LogP) is 4.24. The minimum absolute atomic E-state index is 0.674. The van der Waals surface area contributed by atoms with Crippen molar-refractivity contribution in [1.29, 1.82) is 0 Å². The zero-order valence-corrected chi connectivity index (χ0v) is 17.7. The van der Waals surface area contributed by atoms with E-state index < -0.39 is 0 Å². The second kappa shape index (κ2) is 9.52. The Labute approximate surface area is 173 Å². The van der Waals surface area contributed by atoms with E-state index in [1.165, 1.54) is 10.6 Å². The molecule has 1 aromatic carbocycles. The van der Waals surface area contributed by atoms with Gasteiger partial charge in [-0.3, -0.25) is 4.90 Å². The van der Waals surface area contributed by atoms with E-state index >= 15 is 0 Å². The maximum absolute atomic E-state index is 5.53. The van der Waals surface area contributed by atoms with Crippen LogP contribution >= 0.6 is 22.7 Å². The molecular formula is C21H25N3O2S2. The molecule has 0 saturated carbocycles. The molecule has 5 nitrogen and oxygen atoms in total. The van der Waals surface area contributed by atoms with Crippen molar-refractivity contribution in [2.75, 3.05) is 39.5 Å². The molecule has 28 heavy (non-hydrogen) atoms. The number of thiophene rings is 1. The van der Waals surface area contributed by atoms with Crippen LogP contribution in [0, 0.1) is 0 Å². The quantitative estimate of drug-likeness (QED) is 0.579. The van der Waals surface area contributed by atoms with Crippen LogP contribution in [-0.4, -0.2) is 48.9 Å². The maximum atomic E-state index is 5.53. The van der Waals surface area contributed by atoms with Crippen LogP contribution in [0.25, 0.3) is 10.6 Å². The SMILES string of the molecule is CCOc1ccc(N=c2scc(-c3cccs3)n2CCN2CCOCC2)cc1. The molecular weight excluding hydrogens is 390 g/mol. The van der Waals surface area contributed by atoms with Gasteiger partial charge in [-0.25, -0.2) is 4.99 Å². The van der Waals surface area contributed by atoms with Crippen molar-refractivity contribution in [1.82, 2.24) is 9.47 Å². The van der Waals surface area contributed by atoms with E-state index in [0.29, 0.717) is 6.61 Å². The Bertz CT molecular complexity index is 923. The highest BCUT2D eigenvalue weighted by Gasteiger charge is 2.13. The Balaban J connectivity index is 1.62. The van der Waals surface area contributed by atoms with Crippen LogP contribution in [0.3, 0.4) is 0 Å². The molecule has 0 amide bonds. The molecule has 0 unspecified atom stereocenters. The van der Waals surface area contributed by atoms with Crippen molar-refractivity contribution < 1.29 is 9.47 Å². The minimum atomic E-state index is 0.674. The van der Waals surface area contributed by atoms with Gasteiger partial charge in [0.05, 0.1) is 36.1 Å². The number of thiazole rings is 1. The molecule has 0 atom stereocenters. The lowest BCUT2D eigenvalue weighted by Gasteiger charge is -2.26. The van der Waals surface area contributed by atoms with Gasteiger partial charge in [0.15, 0.2) is 4.80 Å². The number of rotatable bonds is 7. The highest BCUT2D eigenvalue weighted by molar-refractivity contribution is 7.14. The molecule has 1 aliphatic heterocycles. The zero-order chi connectivity index (χ0) is 19.2. The summed E-state index contributed by atoms with van der Waals surface area (Å²) < 4.78 is 13.4. The molecule has 1 aliphatic rings. The lowest BCUT2D eigenvalue weighted by Crippen LogP contribution is -2.39. The largest absolute Gasteiger partial charge is 0.494 e. The Morgan fingerprint density at radius 3 is 2.61 bits per heavy atom. The average Bonchev–Trinajstić information content (AvgIpc) is 3.39. The number of hydrogen-bond donors (Lipinski definition) is 0. The molecule has 1 fully saturated rings. The van der Waals surface area contributed by atoms with Crippen molar-refractivity contribution in [3.05, 3.63) is 52.0 Å². The first-order valence-electron chi connectivity index (χ1n) is 9.63. The molecule has 0 radical (unpaired) electrons. The summed E-state index contributed by atoms with van der Waals surface area (Å²) in [5, 5.41) is 4.35. The first-order chi connectivity index (χ1) is 13.8. The van der Waals surface area contributed by atoms with Gasteiger partial charge in [0.2, 0.25) is 0 Å². The van der Waals surface area contributed by atoms with Crippen LogP contribution in [0.1, 0.15) is 6.92 Å². The molecule has 3 heterocycles. The number of hydrogen-bond acceptors (Lipinski definition) is 6. The van der Waals surface area contributed by atoms with Gasteiger partial charge in [-0.15, -0.1) is 22.7 Å². The number of benzene rings is 1. The third-order valence-electron chi connectivity index (χ3n) is 4.69. The Morgan fingerprint density at radius 2 is 1.89 bits per heavy atom. The van der Waals surface area contributed by atoms with Crippen molar-refractivity contribution in [2.24, 2.45) is 4.99 Å². The van der Waals surface area contributed by atoms with E-state index in [2.05, 4.69) is 32.4 Å². The van der Waals surface area contributed by atoms with Crippen molar-refractivity contribution in [2.45, 2.75) is 13.5 Å². The van der Waals surface area contributed by atoms with Gasteiger partial charge in [0.25, 0.3) is 0 Å².